The maximum Gasteiger partial charge on any atom is 0.326 e. The van der Waals surface area contributed by atoms with E-state index < -0.39 is 18.1 Å². The predicted molar refractivity (Wildman–Crippen MR) is 82.8 cm³/mol. The molecule has 1 aliphatic carbocycles. The summed E-state index contributed by atoms with van der Waals surface area (Å²) in [4.78, 5) is 23.4. The Morgan fingerprint density at radius 2 is 2.14 bits per heavy atom. The summed E-state index contributed by atoms with van der Waals surface area (Å²) in [6.07, 6.45) is 2.80. The lowest BCUT2D eigenvalue weighted by Gasteiger charge is -2.28. The minimum atomic E-state index is -1.00. The van der Waals surface area contributed by atoms with E-state index in [0.717, 1.165) is 19.3 Å². The molecule has 5 heteroatoms. The highest BCUT2D eigenvalue weighted by Gasteiger charge is 2.29. The number of ether oxygens (including phenoxy) is 1. The Labute approximate surface area is 130 Å². The molecule has 120 valence electrons. The molecule has 22 heavy (non-hydrogen) atoms. The summed E-state index contributed by atoms with van der Waals surface area (Å²) in [6, 6.07) is 7.28. The van der Waals surface area contributed by atoms with E-state index in [0.29, 0.717) is 6.42 Å². The Balaban J connectivity index is 2.09. The van der Waals surface area contributed by atoms with Crippen LogP contribution in [0.3, 0.4) is 0 Å². The number of nitrogens with one attached hydrogen (secondary N) is 1. The Morgan fingerprint density at radius 3 is 2.82 bits per heavy atom. The van der Waals surface area contributed by atoms with E-state index in [1.54, 1.807) is 6.92 Å². The Bertz CT molecular complexity index is 543. The van der Waals surface area contributed by atoms with Gasteiger partial charge in [0.1, 0.15) is 12.1 Å². The summed E-state index contributed by atoms with van der Waals surface area (Å²) < 4.78 is 4.93. The number of benzene rings is 1. The van der Waals surface area contributed by atoms with Gasteiger partial charge in [0.25, 0.3) is 0 Å². The molecule has 0 aliphatic heterocycles. The zero-order chi connectivity index (χ0) is 16.1. The van der Waals surface area contributed by atoms with Crippen LogP contribution in [0.2, 0.25) is 0 Å². The molecule has 5 nitrogen and oxygen atoms in total. The number of carboxylic acid groups (broad SMARTS) is 1. The van der Waals surface area contributed by atoms with Crippen molar-refractivity contribution in [2.24, 2.45) is 0 Å². The summed E-state index contributed by atoms with van der Waals surface area (Å²) in [5.41, 5.74) is 2.51. The summed E-state index contributed by atoms with van der Waals surface area (Å²) in [5.74, 6) is -1.22. The van der Waals surface area contributed by atoms with E-state index in [1.165, 1.54) is 18.2 Å². The fourth-order valence-electron chi connectivity index (χ4n) is 3.00. The van der Waals surface area contributed by atoms with E-state index in [-0.39, 0.29) is 11.8 Å². The molecule has 0 fully saturated rings. The molecule has 1 aliphatic rings. The first-order chi connectivity index (χ1) is 10.5. The van der Waals surface area contributed by atoms with Crippen molar-refractivity contribution in [3.05, 3.63) is 35.4 Å². The quantitative estimate of drug-likeness (QED) is 0.844. The van der Waals surface area contributed by atoms with Gasteiger partial charge in [0.05, 0.1) is 0 Å². The molecule has 2 rings (SSSR count). The van der Waals surface area contributed by atoms with Gasteiger partial charge in [-0.2, -0.15) is 0 Å². The third kappa shape index (κ3) is 3.85. The highest BCUT2D eigenvalue weighted by atomic mass is 16.5. The van der Waals surface area contributed by atoms with Crippen LogP contribution in [-0.2, 0) is 20.7 Å². The van der Waals surface area contributed by atoms with E-state index in [9.17, 15) is 14.7 Å². The highest BCUT2D eigenvalue weighted by molar-refractivity contribution is 5.86. The van der Waals surface area contributed by atoms with Crippen molar-refractivity contribution in [3.63, 3.8) is 0 Å². The molecule has 3 atom stereocenters. The van der Waals surface area contributed by atoms with Gasteiger partial charge in [-0.1, -0.05) is 24.3 Å². The van der Waals surface area contributed by atoms with Crippen molar-refractivity contribution in [2.45, 2.75) is 50.7 Å². The van der Waals surface area contributed by atoms with Crippen LogP contribution in [0, 0.1) is 0 Å². The smallest absolute Gasteiger partial charge is 0.326 e. The van der Waals surface area contributed by atoms with Crippen LogP contribution >= 0.6 is 0 Å². The number of carboxylic acids is 1. The molecule has 0 heterocycles. The molecule has 0 saturated heterocycles. The van der Waals surface area contributed by atoms with Crippen LogP contribution < -0.4 is 5.32 Å². The largest absolute Gasteiger partial charge is 0.480 e. The molecule has 1 amide bonds. The summed E-state index contributed by atoms with van der Waals surface area (Å²) in [6.45, 7) is 1.60. The van der Waals surface area contributed by atoms with Crippen LogP contribution in [0.15, 0.2) is 24.3 Å². The van der Waals surface area contributed by atoms with Crippen molar-refractivity contribution in [3.8, 4) is 0 Å². The molecule has 0 spiro atoms. The van der Waals surface area contributed by atoms with Crippen LogP contribution in [0.5, 0.6) is 0 Å². The van der Waals surface area contributed by atoms with Gasteiger partial charge in [-0.25, -0.2) is 4.79 Å². The van der Waals surface area contributed by atoms with E-state index in [1.807, 2.05) is 12.1 Å². The third-order valence-electron chi connectivity index (χ3n) is 4.35. The molecule has 0 aromatic heterocycles. The van der Waals surface area contributed by atoms with Gasteiger partial charge >= 0.3 is 5.97 Å². The van der Waals surface area contributed by atoms with Crippen molar-refractivity contribution >= 4 is 11.9 Å². The third-order valence-corrected chi connectivity index (χ3v) is 4.35. The number of carbonyl (C=O) groups excluding carboxylic acids is 1. The summed E-state index contributed by atoms with van der Waals surface area (Å²) in [7, 11) is 1.43. The minimum Gasteiger partial charge on any atom is -0.480 e. The molecule has 1 aromatic carbocycles. The van der Waals surface area contributed by atoms with Crippen LogP contribution in [0.25, 0.3) is 0 Å². The molecule has 0 saturated carbocycles. The maximum absolute atomic E-state index is 11.9. The molecular formula is C17H23NO4. The monoisotopic (exact) mass is 305 g/mol. The van der Waals surface area contributed by atoms with Crippen LogP contribution in [0.4, 0.5) is 0 Å². The molecule has 3 unspecified atom stereocenters. The normalized spacial score (nSPS) is 19.8. The number of rotatable bonds is 6. The number of hydrogen-bond acceptors (Lipinski definition) is 3. The SMILES string of the molecule is COC(C)C(=O)NC(CC1CCCc2ccccc21)C(=O)O. The average Bonchev–Trinajstić information content (AvgIpc) is 2.53. The minimum absolute atomic E-state index is 0.171. The number of aryl methyl sites for hydroxylation is 1. The first kappa shape index (κ1) is 16.5. The van der Waals surface area contributed by atoms with Gasteiger partial charge in [-0.05, 0) is 49.7 Å². The Kier molecular flexibility index (Phi) is 5.55. The van der Waals surface area contributed by atoms with Gasteiger partial charge in [0.15, 0.2) is 0 Å². The second-order valence-electron chi connectivity index (χ2n) is 5.80. The van der Waals surface area contributed by atoms with Gasteiger partial charge < -0.3 is 15.2 Å². The molecule has 2 N–H and O–H groups in total. The fraction of sp³-hybridized carbons (Fsp3) is 0.529. The second-order valence-corrected chi connectivity index (χ2v) is 5.80. The van der Waals surface area contributed by atoms with Gasteiger partial charge in [0, 0.05) is 7.11 Å². The molecule has 1 aromatic rings. The summed E-state index contributed by atoms with van der Waals surface area (Å²) >= 11 is 0. The number of aliphatic carboxylic acids is 1. The van der Waals surface area contributed by atoms with Crippen molar-refractivity contribution in [2.75, 3.05) is 7.11 Å². The first-order valence-electron chi connectivity index (χ1n) is 7.66. The molecule has 0 bridgehead atoms. The van der Waals surface area contributed by atoms with Crippen molar-refractivity contribution in [1.29, 1.82) is 0 Å². The zero-order valence-corrected chi connectivity index (χ0v) is 13.0. The standard InChI is InChI=1S/C17H23NO4/c1-11(22-2)16(19)18-15(17(20)21)10-13-8-5-7-12-6-3-4-9-14(12)13/h3-4,6,9,11,13,15H,5,7-8,10H2,1-2H3,(H,18,19)(H,20,21). The van der Waals surface area contributed by atoms with E-state index in [4.69, 9.17) is 4.74 Å². The average molecular weight is 305 g/mol. The fourth-order valence-corrected chi connectivity index (χ4v) is 3.00. The zero-order valence-electron chi connectivity index (χ0n) is 13.0. The van der Waals surface area contributed by atoms with Crippen LogP contribution in [0.1, 0.15) is 43.2 Å². The number of carbonyl (C=O) groups is 2. The number of fused-ring (bicyclic) bond motifs is 1. The second kappa shape index (κ2) is 7.40. The van der Waals surface area contributed by atoms with Crippen molar-refractivity contribution in [1.82, 2.24) is 5.32 Å². The Hall–Kier alpha value is -1.88. The lowest BCUT2D eigenvalue weighted by atomic mass is 9.79. The number of amides is 1. The first-order valence-corrected chi connectivity index (χ1v) is 7.66. The van der Waals surface area contributed by atoms with E-state index >= 15 is 0 Å². The van der Waals surface area contributed by atoms with Crippen molar-refractivity contribution < 1.29 is 19.4 Å². The molecular weight excluding hydrogens is 282 g/mol. The lowest BCUT2D eigenvalue weighted by molar-refractivity contribution is -0.144. The van der Waals surface area contributed by atoms with E-state index in [2.05, 4.69) is 17.4 Å². The topological polar surface area (TPSA) is 75.6 Å². The van der Waals surface area contributed by atoms with Crippen LogP contribution in [-0.4, -0.2) is 36.2 Å². The maximum atomic E-state index is 11.9. The summed E-state index contributed by atoms with van der Waals surface area (Å²) in [5, 5.41) is 12.0. The molecule has 0 radical (unpaired) electrons. The number of methoxy groups -OCH3 is 1. The lowest BCUT2D eigenvalue weighted by Crippen LogP contribution is -2.46. The van der Waals surface area contributed by atoms with Gasteiger partial charge in [-0.3, -0.25) is 4.79 Å². The Morgan fingerprint density at radius 1 is 1.41 bits per heavy atom. The predicted octanol–water partition coefficient (Wildman–Crippen LogP) is 2.10. The highest BCUT2D eigenvalue weighted by Crippen LogP contribution is 2.34. The number of hydrogen-bond donors (Lipinski definition) is 2. The van der Waals surface area contributed by atoms with Gasteiger partial charge in [0.2, 0.25) is 5.91 Å². The van der Waals surface area contributed by atoms with Gasteiger partial charge in [-0.15, -0.1) is 0 Å².